The van der Waals surface area contributed by atoms with Gasteiger partial charge in [-0.3, -0.25) is 10.2 Å². The van der Waals surface area contributed by atoms with Crippen LogP contribution in [0.5, 0.6) is 0 Å². The van der Waals surface area contributed by atoms with E-state index in [9.17, 15) is 19.2 Å². The molecule has 2 atom stereocenters. The van der Waals surface area contributed by atoms with E-state index in [2.05, 4.69) is 59.3 Å². The molecule has 2 unspecified atom stereocenters. The van der Waals surface area contributed by atoms with Crippen molar-refractivity contribution in [3.63, 3.8) is 0 Å². The molecule has 0 bridgehead atoms. The summed E-state index contributed by atoms with van der Waals surface area (Å²) in [5.74, 6) is -1.67. The van der Waals surface area contributed by atoms with Crippen LogP contribution in [0.3, 0.4) is 0 Å². The minimum absolute atomic E-state index is 0. The van der Waals surface area contributed by atoms with E-state index in [1.807, 2.05) is 18.2 Å². The van der Waals surface area contributed by atoms with Crippen molar-refractivity contribution in [1.82, 2.24) is 10.6 Å². The van der Waals surface area contributed by atoms with Crippen LogP contribution in [0.2, 0.25) is 0 Å². The zero-order valence-corrected chi connectivity index (χ0v) is 30.0. The number of anilines is 1. The van der Waals surface area contributed by atoms with Crippen LogP contribution in [-0.4, -0.2) is 80.7 Å². The molecular weight excluding hydrogens is 675 g/mol. The number of carbonyl (C=O) groups excluding carboxylic acids is 4. The summed E-state index contributed by atoms with van der Waals surface area (Å²) >= 11 is 0. The van der Waals surface area contributed by atoms with Gasteiger partial charge in [0, 0.05) is 13.1 Å². The minimum Gasteiger partial charge on any atom is -0.461 e. The largest absolute Gasteiger partial charge is 2.00 e. The maximum Gasteiger partial charge on any atom is 2.00 e. The van der Waals surface area contributed by atoms with Crippen LogP contribution in [-0.2, 0) is 56.6 Å². The molecule has 2 rings (SSSR count). The van der Waals surface area contributed by atoms with Crippen LogP contribution in [0.15, 0.2) is 59.7 Å². The summed E-state index contributed by atoms with van der Waals surface area (Å²) in [6.07, 6.45) is 5.19. The van der Waals surface area contributed by atoms with Gasteiger partial charge in [0.15, 0.2) is 5.91 Å². The van der Waals surface area contributed by atoms with E-state index >= 15 is 0 Å². The SMILES string of the molecule is CCC(CC[CH-]C(=O)NCCO)c1ccccc1.[CH2-]C(C)C(=O)NCCOCCc1ccc(NN=C(C(=O)OCC)C(=O)OCC)cc1.[Co+2]. The van der Waals surface area contributed by atoms with E-state index in [1.165, 1.54) is 5.56 Å². The molecular formula is C36H52CoN4O8. The number of nitrogens with one attached hydrogen (secondary N) is 3. The number of aliphatic hydroxyl groups excluding tert-OH is 1. The number of carbonyl (C=O) groups is 4. The molecule has 0 saturated carbocycles. The van der Waals surface area contributed by atoms with Gasteiger partial charge in [0.1, 0.15) is 0 Å². The number of hydrazone groups is 1. The van der Waals surface area contributed by atoms with Gasteiger partial charge in [0.2, 0.25) is 0 Å². The third kappa shape index (κ3) is 20.3. The fourth-order valence-electron chi connectivity index (χ4n) is 4.15. The number of esters is 2. The second-order valence-electron chi connectivity index (χ2n) is 10.6. The predicted octanol–water partition coefficient (Wildman–Crippen LogP) is 4.00. The predicted molar refractivity (Wildman–Crippen MR) is 186 cm³/mol. The summed E-state index contributed by atoms with van der Waals surface area (Å²) in [6, 6.07) is 17.7. The Bertz CT molecular complexity index is 1220. The van der Waals surface area contributed by atoms with Gasteiger partial charge >= 0.3 is 28.7 Å². The van der Waals surface area contributed by atoms with Gasteiger partial charge in [0.25, 0.3) is 5.71 Å². The van der Waals surface area contributed by atoms with E-state index in [-0.39, 0.29) is 54.3 Å². The maximum absolute atomic E-state index is 11.9. The molecule has 0 fully saturated rings. The Labute approximate surface area is 301 Å². The van der Waals surface area contributed by atoms with Crippen LogP contribution in [0.25, 0.3) is 0 Å². The van der Waals surface area contributed by atoms with E-state index in [1.54, 1.807) is 39.3 Å². The molecule has 2 aromatic rings. The third-order valence-corrected chi connectivity index (χ3v) is 6.74. The molecule has 2 amide bonds. The molecule has 0 aromatic heterocycles. The van der Waals surface area contributed by atoms with Crippen molar-refractivity contribution in [2.45, 2.75) is 59.3 Å². The number of amides is 2. The first kappa shape index (κ1) is 45.1. The number of benzene rings is 2. The minimum atomic E-state index is -0.849. The molecule has 1 radical (unpaired) electrons. The first-order valence-corrected chi connectivity index (χ1v) is 16.4. The molecule has 2 aromatic carbocycles. The van der Waals surface area contributed by atoms with Crippen molar-refractivity contribution in [2.75, 3.05) is 51.5 Å². The Morgan fingerprint density at radius 3 is 2.08 bits per heavy atom. The number of nitrogens with zero attached hydrogens (tertiary/aromatic N) is 1. The number of hydrogen-bond acceptors (Lipinski definition) is 10. The van der Waals surface area contributed by atoms with Crippen LogP contribution < -0.4 is 16.1 Å². The van der Waals surface area contributed by atoms with Crippen molar-refractivity contribution in [2.24, 2.45) is 11.0 Å². The monoisotopic (exact) mass is 727 g/mol. The second kappa shape index (κ2) is 28.0. The fourth-order valence-corrected chi connectivity index (χ4v) is 4.15. The molecule has 0 saturated heterocycles. The summed E-state index contributed by atoms with van der Waals surface area (Å²) in [5, 5.41) is 17.8. The Balaban J connectivity index is 0.00000104. The van der Waals surface area contributed by atoms with E-state index in [0.29, 0.717) is 44.3 Å². The van der Waals surface area contributed by atoms with Crippen LogP contribution in [0.4, 0.5) is 5.69 Å². The van der Waals surface area contributed by atoms with Gasteiger partial charge in [-0.25, -0.2) is 9.59 Å². The van der Waals surface area contributed by atoms with Crippen molar-refractivity contribution in [1.29, 1.82) is 0 Å². The summed E-state index contributed by atoms with van der Waals surface area (Å²) < 4.78 is 15.2. The Morgan fingerprint density at radius 1 is 0.898 bits per heavy atom. The van der Waals surface area contributed by atoms with Gasteiger partial charge in [-0.05, 0) is 55.9 Å². The molecule has 12 nitrogen and oxygen atoms in total. The molecule has 0 aliphatic heterocycles. The molecule has 13 heteroatoms. The van der Waals surface area contributed by atoms with Crippen molar-refractivity contribution >= 4 is 35.2 Å². The van der Waals surface area contributed by atoms with Crippen molar-refractivity contribution in [3.05, 3.63) is 79.1 Å². The number of hydrogen-bond donors (Lipinski definition) is 4. The Hall–Kier alpha value is -3.91. The first-order chi connectivity index (χ1) is 23.2. The van der Waals surface area contributed by atoms with E-state index in [0.717, 1.165) is 24.8 Å². The third-order valence-electron chi connectivity index (χ3n) is 6.74. The fraction of sp³-hybridized carbons (Fsp3) is 0.472. The first-order valence-electron chi connectivity index (χ1n) is 16.4. The van der Waals surface area contributed by atoms with Crippen LogP contribution in [0.1, 0.15) is 64.0 Å². The normalized spacial score (nSPS) is 11.2. The zero-order chi connectivity index (χ0) is 35.6. The zero-order valence-electron chi connectivity index (χ0n) is 29.0. The topological polar surface area (TPSA) is 165 Å². The van der Waals surface area contributed by atoms with Gasteiger partial charge < -0.3 is 48.1 Å². The quantitative estimate of drug-likeness (QED) is 0.0372. The smallest absolute Gasteiger partial charge is 0.461 e. The molecule has 0 aliphatic carbocycles. The van der Waals surface area contributed by atoms with Crippen molar-refractivity contribution in [3.8, 4) is 0 Å². The van der Waals surface area contributed by atoms with Crippen LogP contribution >= 0.6 is 0 Å². The number of rotatable bonds is 21. The van der Waals surface area contributed by atoms with Gasteiger partial charge in [-0.2, -0.15) is 11.5 Å². The van der Waals surface area contributed by atoms with Crippen LogP contribution in [0, 0.1) is 19.3 Å². The average Bonchev–Trinajstić information content (AvgIpc) is 3.08. The summed E-state index contributed by atoms with van der Waals surface area (Å²) in [5.41, 5.74) is 5.18. The van der Waals surface area contributed by atoms with Crippen molar-refractivity contribution < 1.29 is 55.3 Å². The van der Waals surface area contributed by atoms with E-state index in [4.69, 9.17) is 19.3 Å². The molecule has 0 heterocycles. The molecule has 49 heavy (non-hydrogen) atoms. The Morgan fingerprint density at radius 2 is 1.53 bits per heavy atom. The van der Waals surface area contributed by atoms with Gasteiger partial charge in [-0.1, -0.05) is 68.7 Å². The standard InChI is InChI=1S/C21H30N3O6.C15H22NO2.Co/c1-5-29-20(26)18(21(27)30-6-2)24-23-17-9-7-16(8-10-17)11-13-28-14-12-22-19(25)15(3)4;1-2-13(14-7-4-3-5-8-14)9-6-10-15(18)16-11-12-17;/h7-10,15,23H,3,5-6,11-14H2,1-2,4H3,(H,22,25);3-5,7-8,10,13,17H,2,6,9,11-12H2,1H3,(H,16,18);/q2*-1;+2. The maximum atomic E-state index is 11.9. The number of ether oxygens (including phenoxy) is 3. The van der Waals surface area contributed by atoms with Gasteiger partial charge in [0.05, 0.1) is 44.6 Å². The Kier molecular flexibility index (Phi) is 25.7. The summed E-state index contributed by atoms with van der Waals surface area (Å²) in [7, 11) is 0. The van der Waals surface area contributed by atoms with E-state index < -0.39 is 17.7 Å². The number of aliphatic hydroxyl groups is 1. The second-order valence-corrected chi connectivity index (χ2v) is 10.6. The molecule has 4 N–H and O–H groups in total. The molecule has 0 spiro atoms. The van der Waals surface area contributed by atoms with Gasteiger partial charge in [-0.15, -0.1) is 0 Å². The summed E-state index contributed by atoms with van der Waals surface area (Å²) in [4.78, 5) is 46.4. The molecule has 273 valence electrons. The average molecular weight is 728 g/mol. The molecule has 0 aliphatic rings. The summed E-state index contributed by atoms with van der Waals surface area (Å²) in [6.45, 7) is 12.8.